The van der Waals surface area contributed by atoms with Gasteiger partial charge in [0.1, 0.15) is 5.82 Å². The zero-order valence-corrected chi connectivity index (χ0v) is 11.6. The number of rotatable bonds is 4. The maximum Gasteiger partial charge on any atom is 0.313 e. The fourth-order valence-corrected chi connectivity index (χ4v) is 1.86. The van der Waals surface area contributed by atoms with Gasteiger partial charge >= 0.3 is 11.8 Å². The van der Waals surface area contributed by atoms with Crippen LogP contribution in [0.3, 0.4) is 0 Å². The minimum atomic E-state index is -0.888. The van der Waals surface area contributed by atoms with Crippen molar-refractivity contribution >= 4 is 17.5 Å². The van der Waals surface area contributed by atoms with Crippen LogP contribution in [0.25, 0.3) is 0 Å². The Morgan fingerprint density at radius 3 is 2.23 bits per heavy atom. The molecule has 5 nitrogen and oxygen atoms in total. The number of aliphatic hydroxyl groups excluding tert-OH is 1. The van der Waals surface area contributed by atoms with Crippen molar-refractivity contribution in [1.82, 2.24) is 5.32 Å². The Balaban J connectivity index is 1.98. The maximum atomic E-state index is 12.8. The van der Waals surface area contributed by atoms with Gasteiger partial charge in [0.2, 0.25) is 0 Å². The first-order valence-corrected chi connectivity index (χ1v) is 6.63. The predicted octanol–water partition coefficient (Wildman–Crippen LogP) is 1.61. The monoisotopic (exact) mass is 302 g/mol. The van der Waals surface area contributed by atoms with Gasteiger partial charge in [-0.2, -0.15) is 0 Å². The van der Waals surface area contributed by atoms with Crippen LogP contribution in [-0.4, -0.2) is 23.5 Å². The molecule has 0 aromatic heterocycles. The molecule has 2 aromatic carbocycles. The van der Waals surface area contributed by atoms with Gasteiger partial charge < -0.3 is 15.7 Å². The molecule has 1 unspecified atom stereocenters. The van der Waals surface area contributed by atoms with Crippen LogP contribution >= 0.6 is 0 Å². The summed E-state index contributed by atoms with van der Waals surface area (Å²) in [5.74, 6) is -2.21. The second kappa shape index (κ2) is 7.33. The highest BCUT2D eigenvalue weighted by atomic mass is 19.1. The minimum Gasteiger partial charge on any atom is -0.394 e. The molecule has 0 aliphatic heterocycles. The van der Waals surface area contributed by atoms with Crippen molar-refractivity contribution in [2.75, 3.05) is 11.9 Å². The Morgan fingerprint density at radius 2 is 1.64 bits per heavy atom. The van der Waals surface area contributed by atoms with Crippen molar-refractivity contribution in [2.24, 2.45) is 0 Å². The van der Waals surface area contributed by atoms with Crippen molar-refractivity contribution in [3.63, 3.8) is 0 Å². The summed E-state index contributed by atoms with van der Waals surface area (Å²) in [5, 5.41) is 14.1. The normalized spacial score (nSPS) is 11.5. The summed E-state index contributed by atoms with van der Waals surface area (Å²) in [6.07, 6.45) is 0. The van der Waals surface area contributed by atoms with Gasteiger partial charge in [-0.15, -0.1) is 0 Å². The Hall–Kier alpha value is -2.73. The summed E-state index contributed by atoms with van der Waals surface area (Å²) in [6, 6.07) is 13.2. The Bertz CT molecular complexity index is 644. The lowest BCUT2D eigenvalue weighted by atomic mass is 10.1. The van der Waals surface area contributed by atoms with Gasteiger partial charge in [-0.1, -0.05) is 30.3 Å². The molecule has 114 valence electrons. The fourth-order valence-electron chi connectivity index (χ4n) is 1.86. The summed E-state index contributed by atoms with van der Waals surface area (Å²) < 4.78 is 12.8. The summed E-state index contributed by atoms with van der Waals surface area (Å²) in [4.78, 5) is 23.6. The van der Waals surface area contributed by atoms with Crippen LogP contribution < -0.4 is 10.6 Å². The van der Waals surface area contributed by atoms with Crippen molar-refractivity contribution in [3.8, 4) is 0 Å². The molecule has 0 spiro atoms. The third-order valence-electron chi connectivity index (χ3n) is 3.00. The number of hydrogen-bond donors (Lipinski definition) is 3. The second-order valence-corrected chi connectivity index (χ2v) is 4.58. The van der Waals surface area contributed by atoms with Crippen LogP contribution in [0.5, 0.6) is 0 Å². The smallest absolute Gasteiger partial charge is 0.313 e. The van der Waals surface area contributed by atoms with E-state index in [4.69, 9.17) is 0 Å². The number of halogens is 1. The van der Waals surface area contributed by atoms with E-state index in [0.717, 1.165) is 0 Å². The maximum absolute atomic E-state index is 12.8. The summed E-state index contributed by atoms with van der Waals surface area (Å²) in [7, 11) is 0. The number of benzene rings is 2. The second-order valence-electron chi connectivity index (χ2n) is 4.58. The van der Waals surface area contributed by atoms with Gasteiger partial charge in [-0.3, -0.25) is 9.59 Å². The lowest BCUT2D eigenvalue weighted by molar-refractivity contribution is -0.136. The first-order chi connectivity index (χ1) is 10.6. The van der Waals surface area contributed by atoms with Crippen LogP contribution in [-0.2, 0) is 9.59 Å². The number of nitrogens with one attached hydrogen (secondary N) is 2. The topological polar surface area (TPSA) is 78.4 Å². The molecule has 3 N–H and O–H groups in total. The molecule has 0 aliphatic carbocycles. The van der Waals surface area contributed by atoms with Gasteiger partial charge in [0.05, 0.1) is 12.6 Å². The largest absolute Gasteiger partial charge is 0.394 e. The summed E-state index contributed by atoms with van der Waals surface area (Å²) >= 11 is 0. The molecule has 0 saturated carbocycles. The van der Waals surface area contributed by atoms with Crippen LogP contribution in [0.4, 0.5) is 10.1 Å². The highest BCUT2D eigenvalue weighted by Gasteiger charge is 2.19. The molecule has 0 saturated heterocycles. The van der Waals surface area contributed by atoms with Crippen molar-refractivity contribution in [2.45, 2.75) is 6.04 Å². The molecule has 2 aromatic rings. The van der Waals surface area contributed by atoms with E-state index in [-0.39, 0.29) is 6.61 Å². The SMILES string of the molecule is O=C(Nc1ccc(F)cc1)C(=O)NC(CO)c1ccccc1. The van der Waals surface area contributed by atoms with E-state index >= 15 is 0 Å². The van der Waals surface area contributed by atoms with Gasteiger partial charge in [-0.05, 0) is 29.8 Å². The lowest BCUT2D eigenvalue weighted by Crippen LogP contribution is -2.39. The lowest BCUT2D eigenvalue weighted by Gasteiger charge is -2.16. The van der Waals surface area contributed by atoms with Crippen LogP contribution in [0.15, 0.2) is 54.6 Å². The molecular weight excluding hydrogens is 287 g/mol. The van der Waals surface area contributed by atoms with Gasteiger partial charge in [0.15, 0.2) is 0 Å². The first-order valence-electron chi connectivity index (χ1n) is 6.63. The average Bonchev–Trinajstić information content (AvgIpc) is 2.55. The molecule has 0 fully saturated rings. The number of aliphatic hydroxyl groups is 1. The van der Waals surface area contributed by atoms with E-state index in [1.54, 1.807) is 30.3 Å². The van der Waals surface area contributed by atoms with E-state index in [2.05, 4.69) is 10.6 Å². The van der Waals surface area contributed by atoms with Gasteiger partial charge in [0, 0.05) is 5.69 Å². The van der Waals surface area contributed by atoms with Crippen LogP contribution in [0, 0.1) is 5.82 Å². The van der Waals surface area contributed by atoms with Crippen molar-refractivity contribution in [3.05, 3.63) is 66.0 Å². The average molecular weight is 302 g/mol. The zero-order valence-electron chi connectivity index (χ0n) is 11.6. The van der Waals surface area contributed by atoms with E-state index in [0.29, 0.717) is 11.3 Å². The molecule has 6 heteroatoms. The van der Waals surface area contributed by atoms with Crippen LogP contribution in [0.1, 0.15) is 11.6 Å². The Labute approximate surface area is 126 Å². The molecule has 2 amide bonds. The van der Waals surface area contributed by atoms with Crippen LogP contribution in [0.2, 0.25) is 0 Å². The number of anilines is 1. The quantitative estimate of drug-likeness (QED) is 0.751. The Morgan fingerprint density at radius 1 is 1.00 bits per heavy atom. The van der Waals surface area contributed by atoms with Crippen molar-refractivity contribution in [1.29, 1.82) is 0 Å². The summed E-state index contributed by atoms with van der Waals surface area (Å²) in [6.45, 7) is -0.334. The number of amides is 2. The highest BCUT2D eigenvalue weighted by Crippen LogP contribution is 2.12. The molecular formula is C16H15FN2O3. The van der Waals surface area contributed by atoms with E-state index in [1.165, 1.54) is 24.3 Å². The molecule has 22 heavy (non-hydrogen) atoms. The zero-order chi connectivity index (χ0) is 15.9. The van der Waals surface area contributed by atoms with Crippen molar-refractivity contribution < 1.29 is 19.1 Å². The Kier molecular flexibility index (Phi) is 5.21. The number of carbonyl (C=O) groups is 2. The van der Waals surface area contributed by atoms with E-state index < -0.39 is 23.7 Å². The number of carbonyl (C=O) groups excluding carboxylic acids is 2. The fraction of sp³-hybridized carbons (Fsp3) is 0.125. The molecule has 0 aliphatic rings. The summed E-state index contributed by atoms with van der Waals surface area (Å²) in [5.41, 5.74) is 0.995. The molecule has 2 rings (SSSR count). The standard InChI is InChI=1S/C16H15FN2O3/c17-12-6-8-13(9-7-12)18-15(21)16(22)19-14(10-20)11-4-2-1-3-5-11/h1-9,14,20H,10H2,(H,18,21)(H,19,22). The van der Waals surface area contributed by atoms with E-state index in [9.17, 15) is 19.1 Å². The number of hydrogen-bond acceptors (Lipinski definition) is 3. The third-order valence-corrected chi connectivity index (χ3v) is 3.00. The predicted molar refractivity (Wildman–Crippen MR) is 79.4 cm³/mol. The molecule has 0 bridgehead atoms. The van der Waals surface area contributed by atoms with Gasteiger partial charge in [-0.25, -0.2) is 4.39 Å². The molecule has 0 radical (unpaired) electrons. The van der Waals surface area contributed by atoms with Gasteiger partial charge in [0.25, 0.3) is 0 Å². The molecule has 0 heterocycles. The minimum absolute atomic E-state index is 0.307. The third kappa shape index (κ3) is 4.13. The molecule has 1 atom stereocenters. The highest BCUT2D eigenvalue weighted by molar-refractivity contribution is 6.39. The van der Waals surface area contributed by atoms with E-state index in [1.807, 2.05) is 0 Å². The first kappa shape index (κ1) is 15.7.